The van der Waals surface area contributed by atoms with Crippen LogP contribution in [0.5, 0.6) is 11.5 Å². The Morgan fingerprint density at radius 3 is 2.62 bits per heavy atom. The fourth-order valence-electron chi connectivity index (χ4n) is 2.01. The number of aromatic nitrogens is 1. The van der Waals surface area contributed by atoms with Crippen LogP contribution in [0.2, 0.25) is 0 Å². The van der Waals surface area contributed by atoms with Crippen molar-refractivity contribution in [1.29, 1.82) is 0 Å². The number of carboxylic acids is 1. The molecule has 1 aromatic heterocycles. The summed E-state index contributed by atoms with van der Waals surface area (Å²) in [5, 5.41) is 13.7. The monoisotopic (exact) mass is 350 g/mol. The first kappa shape index (κ1) is 17.7. The summed E-state index contributed by atoms with van der Waals surface area (Å²) in [5.74, 6) is -0.235. The number of nitrogens with one attached hydrogen (secondary N) is 1. The van der Waals surface area contributed by atoms with Crippen LogP contribution in [0.1, 0.15) is 12.6 Å². The number of methoxy groups -OCH3 is 2. The molecule has 7 nitrogen and oxygen atoms in total. The number of carbonyl (C=O) groups is 2. The molecular weight excluding hydrogens is 332 g/mol. The van der Waals surface area contributed by atoms with Gasteiger partial charge >= 0.3 is 5.97 Å². The van der Waals surface area contributed by atoms with Gasteiger partial charge in [0.15, 0.2) is 11.5 Å². The maximum atomic E-state index is 11.8. The van der Waals surface area contributed by atoms with Gasteiger partial charge in [-0.1, -0.05) is 0 Å². The minimum absolute atomic E-state index is 0.0292. The van der Waals surface area contributed by atoms with Crippen LogP contribution in [0.15, 0.2) is 23.6 Å². The molecule has 0 saturated heterocycles. The first-order valence-electron chi connectivity index (χ1n) is 7.13. The Hall–Kier alpha value is -2.61. The van der Waals surface area contributed by atoms with Crippen LogP contribution in [0.3, 0.4) is 0 Å². The number of nitrogens with zero attached hydrogens (tertiary/aromatic N) is 1. The maximum absolute atomic E-state index is 11.8. The van der Waals surface area contributed by atoms with E-state index in [1.54, 1.807) is 25.7 Å². The normalized spacial score (nSPS) is 11.6. The highest BCUT2D eigenvalue weighted by atomic mass is 32.1. The van der Waals surface area contributed by atoms with Gasteiger partial charge in [0.1, 0.15) is 11.0 Å². The molecular formula is C16H18N2O5S. The Morgan fingerprint density at radius 1 is 1.29 bits per heavy atom. The zero-order valence-electron chi connectivity index (χ0n) is 13.5. The number of hydrogen-bond acceptors (Lipinski definition) is 6. The van der Waals surface area contributed by atoms with Gasteiger partial charge < -0.3 is 19.9 Å². The number of benzene rings is 1. The molecule has 1 heterocycles. The molecule has 1 amide bonds. The van der Waals surface area contributed by atoms with Crippen molar-refractivity contribution in [2.24, 2.45) is 0 Å². The zero-order valence-corrected chi connectivity index (χ0v) is 14.3. The number of thiazole rings is 1. The second-order valence-corrected chi connectivity index (χ2v) is 5.88. The number of carbonyl (C=O) groups excluding carboxylic acids is 1. The molecule has 0 radical (unpaired) electrons. The van der Waals surface area contributed by atoms with Gasteiger partial charge in [-0.3, -0.25) is 9.59 Å². The molecule has 2 aromatic rings. The minimum atomic E-state index is -1.08. The number of ether oxygens (including phenoxy) is 2. The average molecular weight is 350 g/mol. The molecule has 0 fully saturated rings. The van der Waals surface area contributed by atoms with Gasteiger partial charge in [-0.25, -0.2) is 4.98 Å². The lowest BCUT2D eigenvalue weighted by molar-refractivity contribution is -0.141. The minimum Gasteiger partial charge on any atom is -0.493 e. The Morgan fingerprint density at radius 2 is 2.00 bits per heavy atom. The fraction of sp³-hybridized carbons (Fsp3) is 0.312. The van der Waals surface area contributed by atoms with Gasteiger partial charge in [0, 0.05) is 10.9 Å². The molecule has 8 heteroatoms. The molecule has 2 N–H and O–H groups in total. The smallest absolute Gasteiger partial charge is 0.325 e. The predicted octanol–water partition coefficient (Wildman–Crippen LogP) is 1.96. The Labute approximate surface area is 143 Å². The summed E-state index contributed by atoms with van der Waals surface area (Å²) in [6.45, 7) is 1.41. The molecule has 128 valence electrons. The standard InChI is InChI=1S/C16H18N2O5S/c1-9(16(20)21)17-14(19)7-11-8-24-15(18-11)10-4-5-12(22-2)13(6-10)23-3/h4-6,8-9H,7H2,1-3H3,(H,17,19)(H,20,21)/t9-/m0/s1. The fourth-order valence-corrected chi connectivity index (χ4v) is 2.83. The number of aliphatic carboxylic acids is 1. The molecule has 0 spiro atoms. The topological polar surface area (TPSA) is 97.8 Å². The van der Waals surface area contributed by atoms with E-state index in [0.717, 1.165) is 10.6 Å². The number of carboxylic acid groups (broad SMARTS) is 1. The molecule has 0 aliphatic rings. The van der Waals surface area contributed by atoms with Crippen molar-refractivity contribution in [3.63, 3.8) is 0 Å². The van der Waals surface area contributed by atoms with Crippen LogP contribution in [-0.4, -0.2) is 42.2 Å². The van der Waals surface area contributed by atoms with E-state index in [1.807, 2.05) is 12.1 Å². The molecule has 0 bridgehead atoms. The molecule has 1 aromatic carbocycles. The number of amides is 1. The van der Waals surface area contributed by atoms with E-state index in [-0.39, 0.29) is 12.3 Å². The summed E-state index contributed by atoms with van der Waals surface area (Å²) >= 11 is 1.40. The Bertz CT molecular complexity index is 744. The quantitative estimate of drug-likeness (QED) is 0.792. The second kappa shape index (κ2) is 7.78. The van der Waals surface area contributed by atoms with Crippen LogP contribution in [0.25, 0.3) is 10.6 Å². The van der Waals surface area contributed by atoms with Gasteiger partial charge in [0.25, 0.3) is 0 Å². The Kier molecular flexibility index (Phi) is 5.75. The predicted molar refractivity (Wildman–Crippen MR) is 89.6 cm³/mol. The molecule has 0 aliphatic carbocycles. The molecule has 24 heavy (non-hydrogen) atoms. The third-order valence-electron chi connectivity index (χ3n) is 3.27. The zero-order chi connectivity index (χ0) is 17.7. The summed E-state index contributed by atoms with van der Waals surface area (Å²) in [7, 11) is 3.12. The highest BCUT2D eigenvalue weighted by Crippen LogP contribution is 2.33. The van der Waals surface area contributed by atoms with Gasteiger partial charge in [-0.15, -0.1) is 11.3 Å². The first-order chi connectivity index (χ1) is 11.4. The van der Waals surface area contributed by atoms with Crippen LogP contribution in [0, 0.1) is 0 Å². The summed E-state index contributed by atoms with van der Waals surface area (Å²) in [5.41, 5.74) is 1.43. The van der Waals surface area contributed by atoms with Crippen LogP contribution in [0.4, 0.5) is 0 Å². The van der Waals surface area contributed by atoms with Gasteiger partial charge in [0.05, 0.1) is 26.3 Å². The van der Waals surface area contributed by atoms with E-state index < -0.39 is 12.0 Å². The first-order valence-corrected chi connectivity index (χ1v) is 8.01. The lowest BCUT2D eigenvalue weighted by Crippen LogP contribution is -2.39. The molecule has 1 atom stereocenters. The largest absolute Gasteiger partial charge is 0.493 e. The molecule has 0 aliphatic heterocycles. The molecule has 0 unspecified atom stereocenters. The van der Waals surface area contributed by atoms with E-state index in [4.69, 9.17) is 14.6 Å². The van der Waals surface area contributed by atoms with Gasteiger partial charge in [0.2, 0.25) is 5.91 Å². The third kappa shape index (κ3) is 4.23. The van der Waals surface area contributed by atoms with E-state index in [0.29, 0.717) is 17.2 Å². The van der Waals surface area contributed by atoms with Crippen molar-refractivity contribution < 1.29 is 24.2 Å². The lowest BCUT2D eigenvalue weighted by Gasteiger charge is -2.08. The van der Waals surface area contributed by atoms with E-state index in [1.165, 1.54) is 18.3 Å². The van der Waals surface area contributed by atoms with Gasteiger partial charge in [-0.05, 0) is 25.1 Å². The third-order valence-corrected chi connectivity index (χ3v) is 4.21. The summed E-state index contributed by atoms with van der Waals surface area (Å²) < 4.78 is 10.5. The van der Waals surface area contributed by atoms with Crippen LogP contribution >= 0.6 is 11.3 Å². The molecule has 2 rings (SSSR count). The average Bonchev–Trinajstić information content (AvgIpc) is 3.02. The number of rotatable bonds is 7. The van der Waals surface area contributed by atoms with Crippen molar-refractivity contribution in [1.82, 2.24) is 10.3 Å². The maximum Gasteiger partial charge on any atom is 0.325 e. The van der Waals surface area contributed by atoms with Crippen molar-refractivity contribution in [3.8, 4) is 22.1 Å². The SMILES string of the molecule is COc1ccc(-c2nc(CC(=O)N[C@@H](C)C(=O)O)cs2)cc1OC. The van der Waals surface area contributed by atoms with Crippen molar-refractivity contribution in [2.75, 3.05) is 14.2 Å². The van der Waals surface area contributed by atoms with Crippen LogP contribution < -0.4 is 14.8 Å². The highest BCUT2D eigenvalue weighted by molar-refractivity contribution is 7.13. The van der Waals surface area contributed by atoms with Crippen molar-refractivity contribution in [3.05, 3.63) is 29.3 Å². The van der Waals surface area contributed by atoms with Crippen molar-refractivity contribution >= 4 is 23.2 Å². The van der Waals surface area contributed by atoms with Gasteiger partial charge in [-0.2, -0.15) is 0 Å². The second-order valence-electron chi connectivity index (χ2n) is 5.02. The van der Waals surface area contributed by atoms with Crippen LogP contribution in [-0.2, 0) is 16.0 Å². The summed E-state index contributed by atoms with van der Waals surface area (Å²) in [6.07, 6.45) is 0.0292. The highest BCUT2D eigenvalue weighted by Gasteiger charge is 2.16. The number of hydrogen-bond donors (Lipinski definition) is 2. The van der Waals surface area contributed by atoms with E-state index >= 15 is 0 Å². The summed E-state index contributed by atoms with van der Waals surface area (Å²) in [6, 6.07) is 4.53. The Balaban J connectivity index is 2.10. The van der Waals surface area contributed by atoms with E-state index in [9.17, 15) is 9.59 Å². The lowest BCUT2D eigenvalue weighted by atomic mass is 10.2. The summed E-state index contributed by atoms with van der Waals surface area (Å²) in [4.78, 5) is 27.0. The van der Waals surface area contributed by atoms with E-state index in [2.05, 4.69) is 10.3 Å². The molecule has 0 saturated carbocycles. The van der Waals surface area contributed by atoms with Crippen molar-refractivity contribution in [2.45, 2.75) is 19.4 Å².